The van der Waals surface area contributed by atoms with Gasteiger partial charge in [-0.1, -0.05) is 17.7 Å². The third-order valence-electron chi connectivity index (χ3n) is 1.09. The monoisotopic (exact) mass is 193 g/mol. The van der Waals surface area contributed by atoms with Crippen molar-refractivity contribution in [3.05, 3.63) is 29.3 Å². The van der Waals surface area contributed by atoms with Crippen molar-refractivity contribution in [1.82, 2.24) is 0 Å². The molecule has 66 valence electrons. The van der Waals surface area contributed by atoms with Gasteiger partial charge in [-0.3, -0.25) is 5.48 Å². The second-order valence-corrected chi connectivity index (χ2v) is 2.43. The summed E-state index contributed by atoms with van der Waals surface area (Å²) in [5.41, 5.74) is 2.44. The van der Waals surface area contributed by atoms with Gasteiger partial charge in [0.25, 0.3) is 0 Å². The summed E-state index contributed by atoms with van der Waals surface area (Å²) < 4.78 is 23.0. The van der Waals surface area contributed by atoms with Crippen LogP contribution in [0.5, 0.6) is 0 Å². The van der Waals surface area contributed by atoms with Crippen LogP contribution in [0.25, 0.3) is 0 Å². The van der Waals surface area contributed by atoms with Crippen LogP contribution in [0.15, 0.2) is 24.3 Å². The number of alkyl halides is 2. The molecule has 0 spiro atoms. The molecule has 1 aromatic rings. The summed E-state index contributed by atoms with van der Waals surface area (Å²) in [5.74, 6) is 0. The lowest BCUT2D eigenvalue weighted by atomic mass is 10.3. The summed E-state index contributed by atoms with van der Waals surface area (Å²) in [5, 5.41) is 0.456. The van der Waals surface area contributed by atoms with E-state index in [9.17, 15) is 8.78 Å². The Morgan fingerprint density at radius 2 is 2.17 bits per heavy atom. The van der Waals surface area contributed by atoms with Crippen LogP contribution in [-0.2, 0) is 4.84 Å². The number of hydrogen-bond acceptors (Lipinski definition) is 2. The second kappa shape index (κ2) is 4.23. The smallest absolute Gasteiger partial charge is 0.261 e. The number of halogens is 3. The Morgan fingerprint density at radius 3 is 2.75 bits per heavy atom. The average Bonchev–Trinajstić information content (AvgIpc) is 2.01. The van der Waals surface area contributed by atoms with Gasteiger partial charge in [-0.05, 0) is 18.2 Å². The van der Waals surface area contributed by atoms with Crippen molar-refractivity contribution in [2.75, 3.05) is 5.48 Å². The summed E-state index contributed by atoms with van der Waals surface area (Å²) >= 11 is 5.58. The molecule has 0 aliphatic heterocycles. The molecule has 0 heterocycles. The lowest BCUT2D eigenvalue weighted by molar-refractivity contribution is -0.105. The number of nitrogens with one attached hydrogen (secondary N) is 1. The van der Waals surface area contributed by atoms with Gasteiger partial charge in [0.2, 0.25) is 0 Å². The molecule has 0 aliphatic carbocycles. The predicted molar refractivity (Wildman–Crippen MR) is 42.2 cm³/mol. The average molecular weight is 194 g/mol. The van der Waals surface area contributed by atoms with Crippen LogP contribution in [0.4, 0.5) is 14.5 Å². The summed E-state index contributed by atoms with van der Waals surface area (Å²) in [7, 11) is 0. The van der Waals surface area contributed by atoms with Crippen LogP contribution in [0, 0.1) is 0 Å². The Morgan fingerprint density at radius 1 is 1.42 bits per heavy atom. The minimum atomic E-state index is -2.84. The molecule has 0 radical (unpaired) electrons. The maximum Gasteiger partial charge on any atom is 0.364 e. The van der Waals surface area contributed by atoms with E-state index in [0.717, 1.165) is 0 Å². The van der Waals surface area contributed by atoms with Crippen LogP contribution in [0.1, 0.15) is 0 Å². The molecule has 2 nitrogen and oxygen atoms in total. The van der Waals surface area contributed by atoms with E-state index in [1.54, 1.807) is 18.2 Å². The number of hydrogen-bond donors (Lipinski definition) is 1. The molecule has 1 N–H and O–H groups in total. The third kappa shape index (κ3) is 3.02. The van der Waals surface area contributed by atoms with Crippen molar-refractivity contribution >= 4 is 17.3 Å². The van der Waals surface area contributed by atoms with E-state index >= 15 is 0 Å². The van der Waals surface area contributed by atoms with Gasteiger partial charge in [0.1, 0.15) is 0 Å². The van der Waals surface area contributed by atoms with Gasteiger partial charge in [-0.25, -0.2) is 4.84 Å². The summed E-state index contributed by atoms with van der Waals surface area (Å²) in [6.07, 6.45) is 0. The number of rotatable bonds is 3. The van der Waals surface area contributed by atoms with Crippen molar-refractivity contribution in [2.24, 2.45) is 0 Å². The molecule has 0 amide bonds. The first-order valence-corrected chi connectivity index (χ1v) is 3.51. The Labute approximate surface area is 73.0 Å². The van der Waals surface area contributed by atoms with E-state index < -0.39 is 6.61 Å². The Balaban J connectivity index is 2.52. The fourth-order valence-electron chi connectivity index (χ4n) is 0.665. The Bertz CT molecular complexity index is 257. The van der Waals surface area contributed by atoms with Gasteiger partial charge in [0, 0.05) is 5.02 Å². The fraction of sp³-hybridized carbons (Fsp3) is 0.143. The first kappa shape index (κ1) is 9.22. The predicted octanol–water partition coefficient (Wildman–Crippen LogP) is 2.91. The first-order chi connectivity index (χ1) is 5.68. The standard InChI is InChI=1S/C7H6ClF2NO/c8-5-2-1-3-6(4-5)11-12-7(9)10/h1-4,7,11H. The maximum absolute atomic E-state index is 11.5. The lowest BCUT2D eigenvalue weighted by Gasteiger charge is -2.04. The van der Waals surface area contributed by atoms with Crippen LogP contribution in [0.2, 0.25) is 5.02 Å². The molecule has 0 bridgehead atoms. The van der Waals surface area contributed by atoms with Gasteiger partial charge < -0.3 is 0 Å². The van der Waals surface area contributed by atoms with Gasteiger partial charge in [0.15, 0.2) is 0 Å². The SMILES string of the molecule is FC(F)ONc1cccc(Cl)c1. The van der Waals surface area contributed by atoms with E-state index in [1.165, 1.54) is 6.07 Å². The minimum Gasteiger partial charge on any atom is -0.261 e. The zero-order valence-corrected chi connectivity index (χ0v) is 6.68. The zero-order chi connectivity index (χ0) is 8.97. The highest BCUT2D eigenvalue weighted by molar-refractivity contribution is 6.30. The van der Waals surface area contributed by atoms with Crippen LogP contribution in [-0.4, -0.2) is 6.61 Å². The quantitative estimate of drug-likeness (QED) is 0.746. The van der Waals surface area contributed by atoms with Crippen LogP contribution in [0.3, 0.4) is 0 Å². The van der Waals surface area contributed by atoms with Crippen molar-refractivity contribution in [3.63, 3.8) is 0 Å². The third-order valence-corrected chi connectivity index (χ3v) is 1.33. The molecule has 12 heavy (non-hydrogen) atoms. The molecule has 0 saturated heterocycles. The van der Waals surface area contributed by atoms with E-state index in [-0.39, 0.29) is 0 Å². The zero-order valence-electron chi connectivity index (χ0n) is 5.93. The van der Waals surface area contributed by atoms with Crippen molar-refractivity contribution in [2.45, 2.75) is 6.61 Å². The largest absolute Gasteiger partial charge is 0.364 e. The normalized spacial score (nSPS) is 10.3. The molecule has 0 unspecified atom stereocenters. The molecule has 0 atom stereocenters. The van der Waals surface area contributed by atoms with Gasteiger partial charge in [0.05, 0.1) is 5.69 Å². The molecule has 5 heteroatoms. The highest BCUT2D eigenvalue weighted by Crippen LogP contribution is 2.15. The molecule has 0 aromatic heterocycles. The van der Waals surface area contributed by atoms with Crippen molar-refractivity contribution in [1.29, 1.82) is 0 Å². The topological polar surface area (TPSA) is 21.3 Å². The van der Waals surface area contributed by atoms with Crippen LogP contribution >= 0.6 is 11.6 Å². The van der Waals surface area contributed by atoms with Gasteiger partial charge in [-0.15, -0.1) is 0 Å². The Hall–Kier alpha value is -0.870. The summed E-state index contributed by atoms with van der Waals surface area (Å²) in [6, 6.07) is 6.30. The molecule has 0 saturated carbocycles. The first-order valence-electron chi connectivity index (χ1n) is 3.14. The van der Waals surface area contributed by atoms with Crippen LogP contribution < -0.4 is 5.48 Å². The molecular formula is C7H6ClF2NO. The molecule has 1 aromatic carbocycles. The molecular weight excluding hydrogens is 188 g/mol. The van der Waals surface area contributed by atoms with Crippen molar-refractivity contribution in [3.8, 4) is 0 Å². The minimum absolute atomic E-state index is 0.391. The lowest BCUT2D eigenvalue weighted by Crippen LogP contribution is -2.06. The second-order valence-electron chi connectivity index (χ2n) is 1.99. The van der Waals surface area contributed by atoms with Gasteiger partial charge in [-0.2, -0.15) is 8.78 Å². The van der Waals surface area contributed by atoms with E-state index in [1.807, 2.05) is 0 Å². The van der Waals surface area contributed by atoms with Gasteiger partial charge >= 0.3 is 6.61 Å². The number of anilines is 1. The van der Waals surface area contributed by atoms with E-state index in [4.69, 9.17) is 11.6 Å². The molecule has 0 fully saturated rings. The number of benzene rings is 1. The summed E-state index contributed by atoms with van der Waals surface area (Å²) in [6.45, 7) is -2.84. The van der Waals surface area contributed by atoms with E-state index in [0.29, 0.717) is 10.7 Å². The molecule has 0 aliphatic rings. The summed E-state index contributed by atoms with van der Waals surface area (Å²) in [4.78, 5) is 3.84. The Kier molecular flexibility index (Phi) is 3.25. The molecule has 1 rings (SSSR count). The maximum atomic E-state index is 11.5. The van der Waals surface area contributed by atoms with Crippen molar-refractivity contribution < 1.29 is 13.6 Å². The van der Waals surface area contributed by atoms with E-state index in [2.05, 4.69) is 10.3 Å². The fourth-order valence-corrected chi connectivity index (χ4v) is 0.855. The highest BCUT2D eigenvalue weighted by Gasteiger charge is 2.01. The highest BCUT2D eigenvalue weighted by atomic mass is 35.5.